The minimum absolute atomic E-state index is 0.187. The molecule has 0 aromatic carbocycles. The van der Waals surface area contributed by atoms with Crippen LogP contribution in [0.4, 0.5) is 0 Å². The standard InChI is InChI=1S/C15H24N4O/c1-11-9-12(5-6-16-11)15(20)19(13-3-4-13)10-14-17-7-8-18(14)2/h7-8,11-13,16H,3-6,9-10H2,1-2H3. The zero-order valence-electron chi connectivity index (χ0n) is 12.4. The predicted octanol–water partition coefficient (Wildman–Crippen LogP) is 1.30. The van der Waals surface area contributed by atoms with E-state index in [4.69, 9.17) is 0 Å². The van der Waals surface area contributed by atoms with Gasteiger partial charge in [0.05, 0.1) is 6.54 Å². The van der Waals surface area contributed by atoms with Gasteiger partial charge >= 0.3 is 0 Å². The number of carbonyl (C=O) groups is 1. The average molecular weight is 276 g/mol. The van der Waals surface area contributed by atoms with Crippen molar-refractivity contribution in [2.24, 2.45) is 13.0 Å². The highest BCUT2D eigenvalue weighted by molar-refractivity contribution is 5.79. The number of aromatic nitrogens is 2. The number of hydrogen-bond acceptors (Lipinski definition) is 3. The molecule has 5 heteroatoms. The van der Waals surface area contributed by atoms with E-state index in [1.54, 1.807) is 6.20 Å². The molecule has 2 heterocycles. The monoisotopic (exact) mass is 276 g/mol. The maximum Gasteiger partial charge on any atom is 0.226 e. The number of piperidine rings is 1. The Morgan fingerprint density at radius 3 is 2.90 bits per heavy atom. The van der Waals surface area contributed by atoms with E-state index in [0.29, 0.717) is 24.5 Å². The zero-order valence-corrected chi connectivity index (χ0v) is 12.4. The van der Waals surface area contributed by atoms with E-state index < -0.39 is 0 Å². The van der Waals surface area contributed by atoms with Gasteiger partial charge in [-0.05, 0) is 39.2 Å². The summed E-state index contributed by atoms with van der Waals surface area (Å²) in [5.74, 6) is 1.50. The number of nitrogens with zero attached hydrogens (tertiary/aromatic N) is 3. The molecule has 0 radical (unpaired) electrons. The molecule has 5 nitrogen and oxygen atoms in total. The lowest BCUT2D eigenvalue weighted by molar-refractivity contribution is -0.138. The summed E-state index contributed by atoms with van der Waals surface area (Å²) in [7, 11) is 1.99. The molecule has 2 aliphatic rings. The van der Waals surface area contributed by atoms with E-state index >= 15 is 0 Å². The van der Waals surface area contributed by atoms with Gasteiger partial charge < -0.3 is 14.8 Å². The van der Waals surface area contributed by atoms with Gasteiger partial charge in [-0.25, -0.2) is 4.98 Å². The molecule has 1 amide bonds. The van der Waals surface area contributed by atoms with Crippen LogP contribution in [-0.4, -0.2) is 39.0 Å². The first-order chi connectivity index (χ1) is 9.65. The lowest BCUT2D eigenvalue weighted by Gasteiger charge is -2.32. The van der Waals surface area contributed by atoms with Crippen molar-refractivity contribution in [1.29, 1.82) is 0 Å². The Kier molecular flexibility index (Phi) is 3.78. The molecule has 110 valence electrons. The summed E-state index contributed by atoms with van der Waals surface area (Å²) < 4.78 is 2.01. The smallest absolute Gasteiger partial charge is 0.226 e. The molecule has 1 aromatic rings. The van der Waals surface area contributed by atoms with Crippen molar-refractivity contribution in [2.45, 2.75) is 51.2 Å². The number of amides is 1. The summed E-state index contributed by atoms with van der Waals surface area (Å²) in [6.45, 7) is 3.78. The van der Waals surface area contributed by atoms with Crippen LogP contribution in [0.2, 0.25) is 0 Å². The molecule has 1 aliphatic carbocycles. The average Bonchev–Trinajstić information content (AvgIpc) is 3.19. The van der Waals surface area contributed by atoms with Crippen molar-refractivity contribution in [3.05, 3.63) is 18.2 Å². The fourth-order valence-electron chi connectivity index (χ4n) is 3.07. The van der Waals surface area contributed by atoms with Gasteiger partial charge in [0, 0.05) is 37.4 Å². The predicted molar refractivity (Wildman–Crippen MR) is 77.0 cm³/mol. The van der Waals surface area contributed by atoms with Crippen LogP contribution in [0.5, 0.6) is 0 Å². The third-order valence-electron chi connectivity index (χ3n) is 4.48. The second-order valence-electron chi connectivity index (χ2n) is 6.23. The van der Waals surface area contributed by atoms with Gasteiger partial charge in [0.25, 0.3) is 0 Å². The lowest BCUT2D eigenvalue weighted by atomic mass is 9.92. The maximum absolute atomic E-state index is 12.8. The fraction of sp³-hybridized carbons (Fsp3) is 0.733. The van der Waals surface area contributed by atoms with Gasteiger partial charge in [-0.3, -0.25) is 4.79 Å². The number of imidazole rings is 1. The van der Waals surface area contributed by atoms with Crippen LogP contribution in [0.15, 0.2) is 12.4 Å². The molecule has 20 heavy (non-hydrogen) atoms. The topological polar surface area (TPSA) is 50.2 Å². The Balaban J connectivity index is 1.70. The van der Waals surface area contributed by atoms with E-state index in [1.165, 1.54) is 0 Å². The highest BCUT2D eigenvalue weighted by atomic mass is 16.2. The van der Waals surface area contributed by atoms with Gasteiger partial charge in [-0.1, -0.05) is 0 Å². The molecule has 0 bridgehead atoms. The molecular weight excluding hydrogens is 252 g/mol. The summed E-state index contributed by atoms with van der Waals surface area (Å²) in [6.07, 6.45) is 7.97. The second kappa shape index (κ2) is 5.56. The number of carbonyl (C=O) groups excluding carboxylic acids is 1. The Bertz CT molecular complexity index is 480. The van der Waals surface area contributed by atoms with E-state index in [0.717, 1.165) is 38.1 Å². The quantitative estimate of drug-likeness (QED) is 0.902. The van der Waals surface area contributed by atoms with Crippen LogP contribution >= 0.6 is 0 Å². The van der Waals surface area contributed by atoms with Crippen molar-refractivity contribution in [3.63, 3.8) is 0 Å². The number of hydrogen-bond donors (Lipinski definition) is 1. The molecule has 1 N–H and O–H groups in total. The summed E-state index contributed by atoms with van der Waals surface area (Å²) >= 11 is 0. The Labute approximate surface area is 120 Å². The van der Waals surface area contributed by atoms with Gasteiger partial charge in [0.1, 0.15) is 5.82 Å². The van der Waals surface area contributed by atoms with Gasteiger partial charge in [0.15, 0.2) is 0 Å². The lowest BCUT2D eigenvalue weighted by Crippen LogP contribution is -2.45. The minimum Gasteiger partial charge on any atom is -0.337 e. The first kappa shape index (κ1) is 13.6. The SMILES string of the molecule is CC1CC(C(=O)N(Cc2nccn2C)C2CC2)CCN1. The molecule has 0 spiro atoms. The van der Waals surface area contributed by atoms with Gasteiger partial charge in [-0.2, -0.15) is 0 Å². The van der Waals surface area contributed by atoms with Crippen molar-refractivity contribution in [2.75, 3.05) is 6.54 Å². The molecular formula is C15H24N4O. The third kappa shape index (κ3) is 2.87. The first-order valence-electron chi connectivity index (χ1n) is 7.65. The van der Waals surface area contributed by atoms with E-state index in [2.05, 4.69) is 22.1 Å². The summed E-state index contributed by atoms with van der Waals surface area (Å²) in [5, 5.41) is 3.42. The molecule has 3 rings (SSSR count). The molecule has 2 unspecified atom stereocenters. The number of aryl methyl sites for hydroxylation is 1. The van der Waals surface area contributed by atoms with Crippen LogP contribution in [0.25, 0.3) is 0 Å². The Morgan fingerprint density at radius 2 is 2.30 bits per heavy atom. The molecule has 2 atom stereocenters. The number of rotatable bonds is 4. The van der Waals surface area contributed by atoms with Crippen molar-refractivity contribution >= 4 is 5.91 Å². The molecule has 2 fully saturated rings. The van der Waals surface area contributed by atoms with Crippen molar-refractivity contribution < 1.29 is 4.79 Å². The first-order valence-corrected chi connectivity index (χ1v) is 7.65. The highest BCUT2D eigenvalue weighted by Crippen LogP contribution is 2.31. The van der Waals surface area contributed by atoms with Crippen LogP contribution in [0, 0.1) is 5.92 Å². The summed E-state index contributed by atoms with van der Waals surface area (Å²) in [6, 6.07) is 0.899. The van der Waals surface area contributed by atoms with Crippen molar-refractivity contribution in [1.82, 2.24) is 19.8 Å². The molecule has 1 aliphatic heterocycles. The molecule has 1 saturated carbocycles. The van der Waals surface area contributed by atoms with E-state index in [-0.39, 0.29) is 5.92 Å². The third-order valence-corrected chi connectivity index (χ3v) is 4.48. The van der Waals surface area contributed by atoms with E-state index in [9.17, 15) is 4.79 Å². The summed E-state index contributed by atoms with van der Waals surface area (Å²) in [4.78, 5) is 19.3. The van der Waals surface area contributed by atoms with Gasteiger partial charge in [0.2, 0.25) is 5.91 Å². The normalized spacial score (nSPS) is 26.5. The molecule has 1 saturated heterocycles. The van der Waals surface area contributed by atoms with Gasteiger partial charge in [-0.15, -0.1) is 0 Å². The summed E-state index contributed by atoms with van der Waals surface area (Å²) in [5.41, 5.74) is 0. The highest BCUT2D eigenvalue weighted by Gasteiger charge is 2.37. The zero-order chi connectivity index (χ0) is 14.1. The minimum atomic E-state index is 0.187. The van der Waals surface area contributed by atoms with E-state index in [1.807, 2.05) is 17.8 Å². The van der Waals surface area contributed by atoms with Crippen molar-refractivity contribution in [3.8, 4) is 0 Å². The Hall–Kier alpha value is -1.36. The largest absolute Gasteiger partial charge is 0.337 e. The number of nitrogens with one attached hydrogen (secondary N) is 1. The maximum atomic E-state index is 12.8. The van der Waals surface area contributed by atoms with Crippen LogP contribution in [-0.2, 0) is 18.4 Å². The molecule has 1 aromatic heterocycles. The second-order valence-corrected chi connectivity index (χ2v) is 6.23. The Morgan fingerprint density at radius 1 is 1.50 bits per heavy atom. The van der Waals surface area contributed by atoms with Crippen LogP contribution < -0.4 is 5.32 Å². The fourth-order valence-corrected chi connectivity index (χ4v) is 3.07. The van der Waals surface area contributed by atoms with Crippen LogP contribution in [0.3, 0.4) is 0 Å². The van der Waals surface area contributed by atoms with Crippen LogP contribution in [0.1, 0.15) is 38.4 Å².